The van der Waals surface area contributed by atoms with E-state index in [1.54, 1.807) is 0 Å². The van der Waals surface area contributed by atoms with Crippen LogP contribution >= 0.6 is 24.0 Å². The van der Waals surface area contributed by atoms with Crippen molar-refractivity contribution in [1.82, 2.24) is 10.2 Å². The van der Waals surface area contributed by atoms with E-state index in [1.165, 1.54) is 0 Å². The topological polar surface area (TPSA) is 36.9 Å². The quantitative estimate of drug-likeness (QED) is 0.288. The van der Waals surface area contributed by atoms with Crippen molar-refractivity contribution < 1.29 is 17.9 Å². The number of nitrogens with one attached hydrogen (secondary N) is 1. The molecule has 0 spiro atoms. The zero-order chi connectivity index (χ0) is 15.7. The molecule has 1 unspecified atom stereocenters. The standard InChI is InChI=1S/C14H26F3N3O.HI/c1-3-18-13(19-8-5-4-7-14(15,16)17)20(2)10-12-6-9-21-11-12;/h12H,3-11H2,1-2H3,(H,18,19);1H. The van der Waals surface area contributed by atoms with Gasteiger partial charge in [0.1, 0.15) is 0 Å². The molecule has 22 heavy (non-hydrogen) atoms. The van der Waals surface area contributed by atoms with E-state index in [1.807, 2.05) is 18.9 Å². The number of unbranched alkanes of at least 4 members (excludes halogenated alkanes) is 1. The Morgan fingerprint density at radius 2 is 2.09 bits per heavy atom. The van der Waals surface area contributed by atoms with Crippen LogP contribution < -0.4 is 5.32 Å². The number of halogens is 4. The summed E-state index contributed by atoms with van der Waals surface area (Å²) in [6, 6.07) is 0. The number of hydrogen-bond donors (Lipinski definition) is 1. The maximum atomic E-state index is 12.0. The van der Waals surface area contributed by atoms with Crippen molar-refractivity contribution >= 4 is 29.9 Å². The van der Waals surface area contributed by atoms with E-state index < -0.39 is 12.6 Å². The van der Waals surface area contributed by atoms with Crippen molar-refractivity contribution in [3.05, 3.63) is 0 Å². The monoisotopic (exact) mass is 437 g/mol. The molecule has 0 aromatic carbocycles. The molecule has 1 atom stereocenters. The molecule has 1 heterocycles. The van der Waals surface area contributed by atoms with Crippen LogP contribution in [-0.4, -0.2) is 56.9 Å². The van der Waals surface area contributed by atoms with E-state index in [-0.39, 0.29) is 30.4 Å². The smallest absolute Gasteiger partial charge is 0.381 e. The Balaban J connectivity index is 0.00000441. The van der Waals surface area contributed by atoms with Crippen molar-refractivity contribution in [3.63, 3.8) is 0 Å². The molecule has 0 bridgehead atoms. The third-order valence-corrected chi connectivity index (χ3v) is 3.38. The van der Waals surface area contributed by atoms with Crippen LogP contribution in [0.25, 0.3) is 0 Å². The lowest BCUT2D eigenvalue weighted by Gasteiger charge is -2.24. The summed E-state index contributed by atoms with van der Waals surface area (Å²) >= 11 is 0. The average molecular weight is 437 g/mol. The van der Waals surface area contributed by atoms with E-state index in [2.05, 4.69) is 10.3 Å². The van der Waals surface area contributed by atoms with Crippen LogP contribution in [-0.2, 0) is 4.74 Å². The lowest BCUT2D eigenvalue weighted by Crippen LogP contribution is -2.41. The number of alkyl halides is 3. The van der Waals surface area contributed by atoms with Gasteiger partial charge in [-0.2, -0.15) is 13.2 Å². The third-order valence-electron chi connectivity index (χ3n) is 3.38. The van der Waals surface area contributed by atoms with Crippen LogP contribution in [0, 0.1) is 5.92 Å². The minimum atomic E-state index is -4.06. The molecule has 1 aliphatic rings. The summed E-state index contributed by atoms with van der Waals surface area (Å²) < 4.78 is 41.5. The fourth-order valence-electron chi connectivity index (χ4n) is 2.29. The zero-order valence-corrected chi connectivity index (χ0v) is 15.6. The summed E-state index contributed by atoms with van der Waals surface area (Å²) in [5.74, 6) is 1.26. The lowest BCUT2D eigenvalue weighted by atomic mass is 10.1. The summed E-state index contributed by atoms with van der Waals surface area (Å²) in [7, 11) is 1.95. The molecule has 132 valence electrons. The van der Waals surface area contributed by atoms with Crippen LogP contribution in [0.15, 0.2) is 4.99 Å². The minimum absolute atomic E-state index is 0. The molecule has 0 amide bonds. The van der Waals surface area contributed by atoms with Gasteiger partial charge in [-0.1, -0.05) is 0 Å². The second-order valence-corrected chi connectivity index (χ2v) is 5.42. The first-order valence-corrected chi connectivity index (χ1v) is 7.56. The summed E-state index contributed by atoms with van der Waals surface area (Å²) in [5.41, 5.74) is 0. The summed E-state index contributed by atoms with van der Waals surface area (Å²) in [6.07, 6.45) is -3.15. The fourth-order valence-corrected chi connectivity index (χ4v) is 2.29. The molecule has 0 aromatic heterocycles. The summed E-state index contributed by atoms with van der Waals surface area (Å²) in [5, 5.41) is 3.18. The Morgan fingerprint density at radius 1 is 1.36 bits per heavy atom. The van der Waals surface area contributed by atoms with Gasteiger partial charge in [-0.25, -0.2) is 0 Å². The van der Waals surface area contributed by atoms with Crippen LogP contribution in [0.1, 0.15) is 32.6 Å². The van der Waals surface area contributed by atoms with E-state index in [9.17, 15) is 13.2 Å². The minimum Gasteiger partial charge on any atom is -0.381 e. The molecule has 1 fully saturated rings. The van der Waals surface area contributed by atoms with E-state index in [0.29, 0.717) is 18.9 Å². The van der Waals surface area contributed by atoms with Gasteiger partial charge in [-0.15, -0.1) is 24.0 Å². The molecular formula is C14H27F3IN3O. The summed E-state index contributed by atoms with van der Waals surface area (Å²) in [4.78, 5) is 6.43. The Morgan fingerprint density at radius 3 is 2.64 bits per heavy atom. The molecule has 1 saturated heterocycles. The molecule has 4 nitrogen and oxygen atoms in total. The molecule has 0 radical (unpaired) electrons. The van der Waals surface area contributed by atoms with Gasteiger partial charge >= 0.3 is 6.18 Å². The number of ether oxygens (including phenoxy) is 1. The highest BCUT2D eigenvalue weighted by molar-refractivity contribution is 14.0. The first kappa shape index (κ1) is 21.8. The predicted molar refractivity (Wildman–Crippen MR) is 92.9 cm³/mol. The number of hydrogen-bond acceptors (Lipinski definition) is 2. The highest BCUT2D eigenvalue weighted by Gasteiger charge is 2.25. The molecular weight excluding hydrogens is 410 g/mol. The van der Waals surface area contributed by atoms with Gasteiger partial charge in [0.2, 0.25) is 0 Å². The first-order valence-electron chi connectivity index (χ1n) is 7.56. The van der Waals surface area contributed by atoms with E-state index in [4.69, 9.17) is 4.74 Å². The van der Waals surface area contributed by atoms with Gasteiger partial charge in [0.25, 0.3) is 0 Å². The van der Waals surface area contributed by atoms with Gasteiger partial charge in [0, 0.05) is 45.6 Å². The van der Waals surface area contributed by atoms with Crippen LogP contribution in [0.3, 0.4) is 0 Å². The van der Waals surface area contributed by atoms with E-state index >= 15 is 0 Å². The molecule has 1 N–H and O–H groups in total. The Bertz CT molecular complexity index is 321. The highest BCUT2D eigenvalue weighted by atomic mass is 127. The van der Waals surface area contributed by atoms with Crippen LogP contribution in [0.4, 0.5) is 13.2 Å². The van der Waals surface area contributed by atoms with Crippen LogP contribution in [0.5, 0.6) is 0 Å². The van der Waals surface area contributed by atoms with Gasteiger partial charge in [0.15, 0.2) is 5.96 Å². The number of nitrogens with zero attached hydrogens (tertiary/aromatic N) is 2. The zero-order valence-electron chi connectivity index (χ0n) is 13.3. The SMILES string of the molecule is CCNC(=NCCCCC(F)(F)F)N(C)CC1CCOC1.I. The maximum Gasteiger partial charge on any atom is 0.389 e. The van der Waals surface area contributed by atoms with Crippen molar-refractivity contribution in [2.45, 2.75) is 38.8 Å². The Kier molecular flexibility index (Phi) is 11.2. The van der Waals surface area contributed by atoms with Gasteiger partial charge < -0.3 is 15.0 Å². The van der Waals surface area contributed by atoms with Gasteiger partial charge in [-0.3, -0.25) is 4.99 Å². The summed E-state index contributed by atoms with van der Waals surface area (Å²) in [6.45, 7) is 5.58. The molecule has 1 rings (SSSR count). The molecule has 0 aliphatic carbocycles. The number of rotatable bonds is 7. The second kappa shape index (κ2) is 11.3. The maximum absolute atomic E-state index is 12.0. The van der Waals surface area contributed by atoms with Gasteiger partial charge in [0.05, 0.1) is 6.61 Å². The van der Waals surface area contributed by atoms with Crippen molar-refractivity contribution in [1.29, 1.82) is 0 Å². The highest BCUT2D eigenvalue weighted by Crippen LogP contribution is 2.22. The fraction of sp³-hybridized carbons (Fsp3) is 0.929. The molecule has 0 saturated carbocycles. The average Bonchev–Trinajstić information content (AvgIpc) is 2.88. The second-order valence-electron chi connectivity index (χ2n) is 5.42. The number of aliphatic imine (C=N–C) groups is 1. The number of guanidine groups is 1. The van der Waals surface area contributed by atoms with Crippen molar-refractivity contribution in [2.24, 2.45) is 10.9 Å². The third kappa shape index (κ3) is 9.70. The first-order chi connectivity index (χ1) is 9.92. The largest absolute Gasteiger partial charge is 0.389 e. The molecule has 0 aromatic rings. The van der Waals surface area contributed by atoms with E-state index in [0.717, 1.165) is 38.7 Å². The van der Waals surface area contributed by atoms with Crippen molar-refractivity contribution in [3.8, 4) is 0 Å². The predicted octanol–water partition coefficient (Wildman–Crippen LogP) is 3.27. The normalized spacial score (nSPS) is 19.0. The molecule has 8 heteroatoms. The molecule has 1 aliphatic heterocycles. The van der Waals surface area contributed by atoms with Gasteiger partial charge in [-0.05, 0) is 26.2 Å². The van der Waals surface area contributed by atoms with Crippen molar-refractivity contribution in [2.75, 3.05) is 39.9 Å². The Labute approximate surface area is 147 Å². The van der Waals surface area contributed by atoms with Crippen LogP contribution in [0.2, 0.25) is 0 Å². The Hall–Kier alpha value is -0.250. The lowest BCUT2D eigenvalue weighted by molar-refractivity contribution is -0.135.